The van der Waals surface area contributed by atoms with Gasteiger partial charge in [0.15, 0.2) is 0 Å². The minimum absolute atomic E-state index is 0.317. The minimum Gasteiger partial charge on any atom is -0.480 e. The highest BCUT2D eigenvalue weighted by atomic mass is 16.5. The van der Waals surface area contributed by atoms with Gasteiger partial charge in [0.05, 0.1) is 6.61 Å². The van der Waals surface area contributed by atoms with Gasteiger partial charge in [0.1, 0.15) is 5.54 Å². The quantitative estimate of drug-likeness (QED) is 0.711. The number of rotatable bonds is 8. The van der Waals surface area contributed by atoms with Gasteiger partial charge in [-0.2, -0.15) is 0 Å². The van der Waals surface area contributed by atoms with Crippen LogP contribution in [0.15, 0.2) is 0 Å². The van der Waals surface area contributed by atoms with Crippen molar-refractivity contribution in [3.05, 3.63) is 0 Å². The van der Waals surface area contributed by atoms with Crippen LogP contribution in [0.1, 0.15) is 46.0 Å². The van der Waals surface area contributed by atoms with Crippen molar-refractivity contribution in [1.82, 2.24) is 10.2 Å². The SMILES string of the molecule is CCC(C)N(CCOC)C1CCCC(NC)(C(=O)O)C1. The molecular weight excluding hydrogens is 256 g/mol. The number of hydrogen-bond acceptors (Lipinski definition) is 4. The molecule has 20 heavy (non-hydrogen) atoms. The largest absolute Gasteiger partial charge is 0.480 e. The molecule has 0 amide bonds. The van der Waals surface area contributed by atoms with E-state index in [2.05, 4.69) is 24.1 Å². The summed E-state index contributed by atoms with van der Waals surface area (Å²) in [6, 6.07) is 0.772. The van der Waals surface area contributed by atoms with Crippen molar-refractivity contribution >= 4 is 5.97 Å². The molecule has 2 N–H and O–H groups in total. The molecule has 3 atom stereocenters. The van der Waals surface area contributed by atoms with E-state index < -0.39 is 11.5 Å². The second kappa shape index (κ2) is 7.96. The van der Waals surface area contributed by atoms with Gasteiger partial charge < -0.3 is 15.2 Å². The molecule has 1 rings (SSSR count). The number of carbonyl (C=O) groups is 1. The summed E-state index contributed by atoms with van der Waals surface area (Å²) in [7, 11) is 3.48. The zero-order valence-corrected chi connectivity index (χ0v) is 13.3. The molecule has 0 aromatic heterocycles. The van der Waals surface area contributed by atoms with E-state index in [1.165, 1.54) is 0 Å². The van der Waals surface area contributed by atoms with Crippen molar-refractivity contribution in [2.75, 3.05) is 27.3 Å². The molecule has 0 aromatic carbocycles. The van der Waals surface area contributed by atoms with E-state index >= 15 is 0 Å². The molecule has 5 nitrogen and oxygen atoms in total. The minimum atomic E-state index is -0.762. The Kier molecular flexibility index (Phi) is 6.92. The number of likely N-dealkylation sites (N-methyl/N-ethyl adjacent to an activating group) is 1. The third kappa shape index (κ3) is 3.93. The summed E-state index contributed by atoms with van der Waals surface area (Å²) in [6.45, 7) is 5.96. The second-order valence-electron chi connectivity index (χ2n) is 5.88. The van der Waals surface area contributed by atoms with Crippen molar-refractivity contribution in [3.8, 4) is 0 Å². The normalized spacial score (nSPS) is 28.6. The van der Waals surface area contributed by atoms with Gasteiger partial charge in [-0.25, -0.2) is 0 Å². The summed E-state index contributed by atoms with van der Waals surface area (Å²) in [5.74, 6) is -0.722. The Morgan fingerprint density at radius 3 is 2.80 bits per heavy atom. The number of aliphatic carboxylic acids is 1. The van der Waals surface area contributed by atoms with Crippen molar-refractivity contribution in [3.63, 3.8) is 0 Å². The molecule has 0 heterocycles. The summed E-state index contributed by atoms with van der Waals surface area (Å²) < 4.78 is 5.21. The van der Waals surface area contributed by atoms with Gasteiger partial charge in [0, 0.05) is 25.7 Å². The van der Waals surface area contributed by atoms with Crippen molar-refractivity contribution in [2.45, 2.75) is 63.6 Å². The maximum absolute atomic E-state index is 11.6. The number of carboxylic acids is 1. The maximum atomic E-state index is 11.6. The fourth-order valence-corrected chi connectivity index (χ4v) is 3.25. The van der Waals surface area contributed by atoms with Crippen LogP contribution in [-0.4, -0.2) is 60.9 Å². The van der Waals surface area contributed by atoms with E-state index in [4.69, 9.17) is 4.74 Å². The molecule has 1 aliphatic rings. The zero-order valence-electron chi connectivity index (χ0n) is 13.3. The smallest absolute Gasteiger partial charge is 0.323 e. The Balaban J connectivity index is 2.82. The third-order valence-corrected chi connectivity index (χ3v) is 4.79. The third-order valence-electron chi connectivity index (χ3n) is 4.79. The van der Waals surface area contributed by atoms with Crippen molar-refractivity contribution in [2.24, 2.45) is 0 Å². The van der Waals surface area contributed by atoms with Gasteiger partial charge in [-0.15, -0.1) is 0 Å². The fraction of sp³-hybridized carbons (Fsp3) is 0.933. The van der Waals surface area contributed by atoms with Gasteiger partial charge in [-0.3, -0.25) is 9.69 Å². The zero-order chi connectivity index (χ0) is 15.2. The van der Waals surface area contributed by atoms with Crippen molar-refractivity contribution < 1.29 is 14.6 Å². The molecule has 0 spiro atoms. The highest BCUT2D eigenvalue weighted by Crippen LogP contribution is 2.32. The molecule has 0 saturated heterocycles. The molecule has 3 unspecified atom stereocenters. The van der Waals surface area contributed by atoms with Gasteiger partial charge >= 0.3 is 5.97 Å². The summed E-state index contributed by atoms with van der Waals surface area (Å²) in [4.78, 5) is 14.1. The van der Waals surface area contributed by atoms with E-state index in [0.717, 1.165) is 25.8 Å². The van der Waals surface area contributed by atoms with Crippen LogP contribution in [0.25, 0.3) is 0 Å². The number of methoxy groups -OCH3 is 1. The first kappa shape index (κ1) is 17.4. The number of nitrogens with zero attached hydrogens (tertiary/aromatic N) is 1. The molecule has 1 aliphatic carbocycles. The highest BCUT2D eigenvalue weighted by Gasteiger charge is 2.43. The van der Waals surface area contributed by atoms with Crippen LogP contribution in [0.4, 0.5) is 0 Å². The predicted octanol–water partition coefficient (Wildman–Crippen LogP) is 1.72. The van der Waals surface area contributed by atoms with E-state index in [-0.39, 0.29) is 0 Å². The topological polar surface area (TPSA) is 61.8 Å². The number of nitrogens with one attached hydrogen (secondary N) is 1. The van der Waals surface area contributed by atoms with Gasteiger partial charge in [-0.05, 0) is 46.1 Å². The Hall–Kier alpha value is -0.650. The van der Waals surface area contributed by atoms with E-state index in [9.17, 15) is 9.90 Å². The van der Waals surface area contributed by atoms with Crippen LogP contribution in [-0.2, 0) is 9.53 Å². The molecule has 1 fully saturated rings. The molecular formula is C15H30N2O3. The average molecular weight is 286 g/mol. The van der Waals surface area contributed by atoms with E-state index in [1.807, 2.05) is 0 Å². The summed E-state index contributed by atoms with van der Waals surface area (Å²) >= 11 is 0. The standard InChI is InChI=1S/C15H30N2O3/c1-5-12(2)17(9-10-20-4)13-7-6-8-15(11-13,16-3)14(18)19/h12-13,16H,5-11H2,1-4H3,(H,18,19). The van der Waals surface area contributed by atoms with Crippen LogP contribution in [0, 0.1) is 0 Å². The second-order valence-corrected chi connectivity index (χ2v) is 5.88. The van der Waals surface area contributed by atoms with Crippen LogP contribution in [0.5, 0.6) is 0 Å². The number of carboxylic acid groups (broad SMARTS) is 1. The fourth-order valence-electron chi connectivity index (χ4n) is 3.25. The highest BCUT2D eigenvalue weighted by molar-refractivity contribution is 5.79. The van der Waals surface area contributed by atoms with Crippen LogP contribution in [0.2, 0.25) is 0 Å². The molecule has 0 radical (unpaired) electrons. The molecule has 0 aliphatic heterocycles. The lowest BCUT2D eigenvalue weighted by Gasteiger charge is -2.44. The monoisotopic (exact) mass is 286 g/mol. The Labute approximate surface area is 122 Å². The Bertz CT molecular complexity index is 311. The van der Waals surface area contributed by atoms with Crippen LogP contribution >= 0.6 is 0 Å². The lowest BCUT2D eigenvalue weighted by atomic mass is 9.78. The van der Waals surface area contributed by atoms with Crippen molar-refractivity contribution in [1.29, 1.82) is 0 Å². The van der Waals surface area contributed by atoms with Gasteiger partial charge in [0.25, 0.3) is 0 Å². The Morgan fingerprint density at radius 2 is 2.30 bits per heavy atom. The van der Waals surface area contributed by atoms with Crippen LogP contribution in [0.3, 0.4) is 0 Å². The first-order chi connectivity index (χ1) is 9.50. The van der Waals surface area contributed by atoms with E-state index in [1.54, 1.807) is 14.2 Å². The number of hydrogen-bond donors (Lipinski definition) is 2. The first-order valence-electron chi connectivity index (χ1n) is 7.67. The molecule has 1 saturated carbocycles. The van der Waals surface area contributed by atoms with E-state index in [0.29, 0.717) is 31.5 Å². The first-order valence-corrected chi connectivity index (χ1v) is 7.67. The molecule has 0 bridgehead atoms. The molecule has 5 heteroatoms. The van der Waals surface area contributed by atoms with Gasteiger partial charge in [-0.1, -0.05) is 6.92 Å². The predicted molar refractivity (Wildman–Crippen MR) is 80.0 cm³/mol. The van der Waals surface area contributed by atoms with Crippen LogP contribution < -0.4 is 5.32 Å². The molecule has 118 valence electrons. The summed E-state index contributed by atoms with van der Waals surface area (Å²) in [5, 5.41) is 12.6. The summed E-state index contributed by atoms with van der Waals surface area (Å²) in [5.41, 5.74) is -0.762. The lowest BCUT2D eigenvalue weighted by Crippen LogP contribution is -2.58. The Morgan fingerprint density at radius 1 is 1.60 bits per heavy atom. The summed E-state index contributed by atoms with van der Waals surface area (Å²) in [6.07, 6.45) is 4.49. The number of ether oxygens (including phenoxy) is 1. The molecule has 0 aromatic rings. The lowest BCUT2D eigenvalue weighted by molar-refractivity contribution is -0.147. The van der Waals surface area contributed by atoms with Gasteiger partial charge in [0.2, 0.25) is 0 Å². The average Bonchev–Trinajstić information content (AvgIpc) is 2.47. The maximum Gasteiger partial charge on any atom is 0.323 e.